The Morgan fingerprint density at radius 1 is 1.32 bits per heavy atom. The van der Waals surface area contributed by atoms with E-state index in [0.29, 0.717) is 24.5 Å². The smallest absolute Gasteiger partial charge is 0.164 e. The van der Waals surface area contributed by atoms with E-state index in [1.54, 1.807) is 24.4 Å². The molecule has 0 aliphatic carbocycles. The molecule has 0 spiro atoms. The number of aliphatic hydroxyl groups excluding tert-OH is 1. The van der Waals surface area contributed by atoms with Gasteiger partial charge in [0.15, 0.2) is 5.83 Å². The molecule has 0 saturated carbocycles. The Bertz CT molecular complexity index is 735. The minimum Gasteiger partial charge on any atom is -0.392 e. The predicted molar refractivity (Wildman–Crippen MR) is 92.3 cm³/mol. The number of likely N-dealkylation sites (tertiary alicyclic amines) is 1. The average molecular weight is 348 g/mol. The summed E-state index contributed by atoms with van der Waals surface area (Å²) in [5, 5.41) is 12.1. The Morgan fingerprint density at radius 2 is 2.08 bits per heavy atom. The number of benzene rings is 1. The van der Waals surface area contributed by atoms with E-state index < -0.39 is 18.3 Å². The molecule has 134 valence electrons. The number of hydrogen-bond donors (Lipinski definition) is 2. The molecular formula is C19H22F2N2O2. The molecule has 0 atom stereocenters. The van der Waals surface area contributed by atoms with Crippen LogP contribution in [-0.2, 0) is 11.3 Å². The third kappa shape index (κ3) is 3.75. The van der Waals surface area contributed by atoms with Crippen LogP contribution in [0, 0.1) is 5.82 Å². The van der Waals surface area contributed by atoms with Crippen molar-refractivity contribution < 1.29 is 18.6 Å². The van der Waals surface area contributed by atoms with Gasteiger partial charge in [0.05, 0.1) is 18.8 Å². The first-order chi connectivity index (χ1) is 12.0. The van der Waals surface area contributed by atoms with Crippen molar-refractivity contribution >= 4 is 5.57 Å². The first-order valence-corrected chi connectivity index (χ1v) is 8.33. The second-order valence-corrected chi connectivity index (χ2v) is 6.42. The number of nitrogens with one attached hydrogen (secondary N) is 1. The van der Waals surface area contributed by atoms with E-state index in [-0.39, 0.29) is 23.3 Å². The molecule has 1 aromatic rings. The topological polar surface area (TPSA) is 44.7 Å². The van der Waals surface area contributed by atoms with Crippen molar-refractivity contribution in [3.8, 4) is 0 Å². The highest BCUT2D eigenvalue weighted by Crippen LogP contribution is 2.28. The predicted octanol–water partition coefficient (Wildman–Crippen LogP) is 3.07. The van der Waals surface area contributed by atoms with Gasteiger partial charge in [-0.2, -0.15) is 0 Å². The van der Waals surface area contributed by atoms with Gasteiger partial charge in [0.1, 0.15) is 11.6 Å². The van der Waals surface area contributed by atoms with Crippen LogP contribution in [0.1, 0.15) is 25.0 Å². The zero-order valence-corrected chi connectivity index (χ0v) is 14.3. The first kappa shape index (κ1) is 17.6. The SMILES string of the molecule is CC(C)OC1CN(C2=C(F)C=C(c3cccc(CO)c3F)C=CN2)C1. The third-order valence-electron chi connectivity index (χ3n) is 4.18. The molecule has 25 heavy (non-hydrogen) atoms. The molecular weight excluding hydrogens is 326 g/mol. The van der Waals surface area contributed by atoms with Gasteiger partial charge in [-0.1, -0.05) is 18.2 Å². The summed E-state index contributed by atoms with van der Waals surface area (Å²) in [6.07, 6.45) is 4.75. The standard InChI is InChI=1S/C19H22F2N2O2/c1-12(2)25-15-9-23(10-15)19-17(20)8-13(6-7-22-19)16-5-3-4-14(11-24)18(16)21/h3-8,12,15,22,24H,9-11H2,1-2H3. The summed E-state index contributed by atoms with van der Waals surface area (Å²) in [5.74, 6) is -0.642. The molecule has 1 fully saturated rings. The van der Waals surface area contributed by atoms with Crippen LogP contribution in [0.2, 0.25) is 0 Å². The van der Waals surface area contributed by atoms with E-state index in [1.165, 1.54) is 12.1 Å². The van der Waals surface area contributed by atoms with Crippen molar-refractivity contribution in [3.05, 3.63) is 65.1 Å². The van der Waals surface area contributed by atoms with Gasteiger partial charge in [0.25, 0.3) is 0 Å². The summed E-state index contributed by atoms with van der Waals surface area (Å²) < 4.78 is 34.8. The number of allylic oxidation sites excluding steroid dienone is 4. The summed E-state index contributed by atoms with van der Waals surface area (Å²) in [4.78, 5) is 1.85. The van der Waals surface area contributed by atoms with E-state index in [0.717, 1.165) is 0 Å². The Balaban J connectivity index is 1.82. The summed E-state index contributed by atoms with van der Waals surface area (Å²) in [5.41, 5.74) is 0.846. The van der Waals surface area contributed by atoms with E-state index in [2.05, 4.69) is 5.32 Å². The molecule has 6 heteroatoms. The Kier molecular flexibility index (Phi) is 5.20. The monoisotopic (exact) mass is 348 g/mol. The summed E-state index contributed by atoms with van der Waals surface area (Å²) in [7, 11) is 0. The van der Waals surface area contributed by atoms with Crippen LogP contribution in [0.15, 0.2) is 48.2 Å². The van der Waals surface area contributed by atoms with Gasteiger partial charge in [0.2, 0.25) is 0 Å². The van der Waals surface area contributed by atoms with E-state index in [4.69, 9.17) is 4.74 Å². The molecule has 0 bridgehead atoms. The van der Waals surface area contributed by atoms with Gasteiger partial charge in [-0.15, -0.1) is 0 Å². The fourth-order valence-corrected chi connectivity index (χ4v) is 2.96. The number of ether oxygens (including phenoxy) is 1. The van der Waals surface area contributed by atoms with E-state index in [1.807, 2.05) is 18.7 Å². The van der Waals surface area contributed by atoms with E-state index >= 15 is 0 Å². The van der Waals surface area contributed by atoms with Gasteiger partial charge in [-0.3, -0.25) is 0 Å². The third-order valence-corrected chi connectivity index (χ3v) is 4.18. The lowest BCUT2D eigenvalue weighted by atomic mass is 10.0. The lowest BCUT2D eigenvalue weighted by Gasteiger charge is -2.42. The fourth-order valence-electron chi connectivity index (χ4n) is 2.96. The van der Waals surface area contributed by atoms with Crippen LogP contribution in [0.5, 0.6) is 0 Å². The minimum absolute atomic E-state index is 0.0939. The van der Waals surface area contributed by atoms with Crippen LogP contribution in [0.4, 0.5) is 8.78 Å². The van der Waals surface area contributed by atoms with Crippen molar-refractivity contribution in [3.63, 3.8) is 0 Å². The van der Waals surface area contributed by atoms with Crippen molar-refractivity contribution in [2.24, 2.45) is 0 Å². The van der Waals surface area contributed by atoms with Crippen molar-refractivity contribution in [2.45, 2.75) is 32.7 Å². The highest BCUT2D eigenvalue weighted by Gasteiger charge is 2.31. The Labute approximate surface area is 146 Å². The number of rotatable bonds is 5. The summed E-state index contributed by atoms with van der Waals surface area (Å²) in [6, 6.07) is 4.71. The van der Waals surface area contributed by atoms with Gasteiger partial charge in [-0.25, -0.2) is 8.78 Å². The maximum absolute atomic E-state index is 14.7. The molecule has 0 radical (unpaired) electrons. The molecule has 0 amide bonds. The number of halogens is 2. The average Bonchev–Trinajstić information content (AvgIpc) is 2.72. The fraction of sp³-hybridized carbons (Fsp3) is 0.368. The molecule has 2 N–H and O–H groups in total. The highest BCUT2D eigenvalue weighted by atomic mass is 19.1. The normalized spacial score (nSPS) is 18.2. The quantitative estimate of drug-likeness (QED) is 0.858. The number of hydrogen-bond acceptors (Lipinski definition) is 4. The van der Waals surface area contributed by atoms with Gasteiger partial charge in [0, 0.05) is 30.4 Å². The molecule has 2 aliphatic rings. The molecule has 4 nitrogen and oxygen atoms in total. The molecule has 2 heterocycles. The zero-order chi connectivity index (χ0) is 18.0. The zero-order valence-electron chi connectivity index (χ0n) is 14.3. The van der Waals surface area contributed by atoms with Crippen molar-refractivity contribution in [2.75, 3.05) is 13.1 Å². The van der Waals surface area contributed by atoms with Crippen molar-refractivity contribution in [1.29, 1.82) is 0 Å². The lowest BCUT2D eigenvalue weighted by molar-refractivity contribution is -0.0705. The van der Waals surface area contributed by atoms with Gasteiger partial charge >= 0.3 is 0 Å². The summed E-state index contributed by atoms with van der Waals surface area (Å²) in [6.45, 7) is 4.76. The lowest BCUT2D eigenvalue weighted by Crippen LogP contribution is -2.54. The van der Waals surface area contributed by atoms with Gasteiger partial charge < -0.3 is 20.1 Å². The van der Waals surface area contributed by atoms with Crippen LogP contribution >= 0.6 is 0 Å². The van der Waals surface area contributed by atoms with Crippen LogP contribution in [0.25, 0.3) is 5.57 Å². The summed E-state index contributed by atoms with van der Waals surface area (Å²) >= 11 is 0. The molecule has 2 aliphatic heterocycles. The van der Waals surface area contributed by atoms with Crippen LogP contribution in [0.3, 0.4) is 0 Å². The maximum Gasteiger partial charge on any atom is 0.164 e. The Morgan fingerprint density at radius 3 is 2.76 bits per heavy atom. The molecule has 1 saturated heterocycles. The number of aliphatic hydroxyl groups is 1. The molecule has 3 rings (SSSR count). The van der Waals surface area contributed by atoms with Crippen LogP contribution < -0.4 is 5.32 Å². The second kappa shape index (κ2) is 7.37. The number of nitrogens with zero attached hydrogens (tertiary/aromatic N) is 1. The van der Waals surface area contributed by atoms with E-state index in [9.17, 15) is 13.9 Å². The van der Waals surface area contributed by atoms with Crippen LogP contribution in [-0.4, -0.2) is 35.3 Å². The molecule has 1 aromatic carbocycles. The van der Waals surface area contributed by atoms with Gasteiger partial charge in [-0.05, 0) is 31.6 Å². The maximum atomic E-state index is 14.7. The molecule has 0 unspecified atom stereocenters. The Hall–Kier alpha value is -2.18. The largest absolute Gasteiger partial charge is 0.392 e. The van der Waals surface area contributed by atoms with Crippen molar-refractivity contribution in [1.82, 2.24) is 10.2 Å². The highest BCUT2D eigenvalue weighted by molar-refractivity contribution is 5.77. The first-order valence-electron chi connectivity index (χ1n) is 8.33. The minimum atomic E-state index is -0.536. The second-order valence-electron chi connectivity index (χ2n) is 6.42. The molecule has 0 aromatic heterocycles.